The maximum absolute atomic E-state index is 12.0. The number of hydrogen-bond acceptors (Lipinski definition) is 5. The summed E-state index contributed by atoms with van der Waals surface area (Å²) in [4.78, 5) is 12.0. The minimum atomic E-state index is -0.344. The third-order valence-corrected chi connectivity index (χ3v) is 5.61. The van der Waals surface area contributed by atoms with E-state index in [4.69, 9.17) is 18.9 Å². The van der Waals surface area contributed by atoms with Gasteiger partial charge in [0.05, 0.1) is 39.4 Å². The second-order valence-electron chi connectivity index (χ2n) is 7.55. The van der Waals surface area contributed by atoms with Crippen molar-refractivity contribution in [2.75, 3.05) is 35.5 Å². The van der Waals surface area contributed by atoms with Crippen LogP contribution in [0.1, 0.15) is 35.3 Å². The number of benzene rings is 2. The molecule has 0 spiro atoms. The maximum atomic E-state index is 12.0. The zero-order valence-electron chi connectivity index (χ0n) is 18.5. The number of carbonyl (C=O) groups is 1. The Kier molecular flexibility index (Phi) is 5.87. The summed E-state index contributed by atoms with van der Waals surface area (Å²) in [5.41, 5.74) is 4.40. The molecule has 0 unspecified atom stereocenters. The van der Waals surface area contributed by atoms with Gasteiger partial charge in [0.1, 0.15) is 7.05 Å². The first-order chi connectivity index (χ1) is 14.3. The van der Waals surface area contributed by atoms with Crippen LogP contribution < -0.4 is 14.2 Å². The molecule has 158 valence electrons. The Morgan fingerprint density at radius 1 is 0.933 bits per heavy atom. The molecular weight excluding hydrogens is 382 g/mol. The molecule has 0 atom stereocenters. The zero-order valence-corrected chi connectivity index (χ0v) is 18.5. The minimum Gasteiger partial charge on any atom is -0.493 e. The number of methoxy groups -OCH3 is 4. The lowest BCUT2D eigenvalue weighted by atomic mass is 9.81. The molecule has 2 aromatic rings. The predicted octanol–water partition coefficient (Wildman–Crippen LogP) is 4.22. The highest BCUT2D eigenvalue weighted by molar-refractivity contribution is 6.06. The number of carbonyl (C=O) groups excluding carboxylic acids is 1. The number of esters is 1. The van der Waals surface area contributed by atoms with Crippen LogP contribution in [0.15, 0.2) is 36.4 Å². The highest BCUT2D eigenvalue weighted by atomic mass is 16.5. The summed E-state index contributed by atoms with van der Waals surface area (Å²) >= 11 is 0. The average molecular weight is 410 g/mol. The quantitative estimate of drug-likeness (QED) is 0.527. The Morgan fingerprint density at radius 2 is 1.63 bits per heavy atom. The van der Waals surface area contributed by atoms with E-state index >= 15 is 0 Å². The summed E-state index contributed by atoms with van der Waals surface area (Å²) in [6.45, 7) is 4.33. The lowest BCUT2D eigenvalue weighted by molar-refractivity contribution is -0.401. The second-order valence-corrected chi connectivity index (χ2v) is 7.55. The van der Waals surface area contributed by atoms with Crippen LogP contribution in [0, 0.1) is 0 Å². The summed E-state index contributed by atoms with van der Waals surface area (Å²) in [6, 6.07) is 9.47. The molecule has 0 amide bonds. The summed E-state index contributed by atoms with van der Waals surface area (Å²) in [5.74, 6) is 1.43. The molecular formula is C24H28NO5+. The van der Waals surface area contributed by atoms with Gasteiger partial charge >= 0.3 is 5.97 Å². The van der Waals surface area contributed by atoms with Gasteiger partial charge in [-0.25, -0.2) is 4.79 Å². The fraction of sp³-hybridized carbons (Fsp3) is 0.333. The minimum absolute atomic E-state index is 0.237. The van der Waals surface area contributed by atoms with Crippen LogP contribution in [0.25, 0.3) is 6.08 Å². The number of rotatable bonds is 6. The fourth-order valence-electron chi connectivity index (χ4n) is 4.01. The van der Waals surface area contributed by atoms with Crippen molar-refractivity contribution in [3.8, 4) is 17.2 Å². The topological polar surface area (TPSA) is 57.0 Å². The summed E-state index contributed by atoms with van der Waals surface area (Å²) < 4.78 is 23.4. The molecule has 0 aromatic heterocycles. The van der Waals surface area contributed by atoms with Crippen molar-refractivity contribution in [1.82, 2.24) is 0 Å². The third kappa shape index (κ3) is 3.43. The van der Waals surface area contributed by atoms with Crippen LogP contribution >= 0.6 is 0 Å². The first kappa shape index (κ1) is 21.4. The number of fused-ring (bicyclic) bond motifs is 1. The molecule has 0 radical (unpaired) electrons. The van der Waals surface area contributed by atoms with Crippen LogP contribution in [0.3, 0.4) is 0 Å². The van der Waals surface area contributed by atoms with Crippen LogP contribution in [-0.4, -0.2) is 51.7 Å². The van der Waals surface area contributed by atoms with E-state index in [0.717, 1.165) is 22.5 Å². The van der Waals surface area contributed by atoms with E-state index in [1.807, 2.05) is 43.5 Å². The maximum Gasteiger partial charge on any atom is 0.338 e. The molecule has 1 aliphatic heterocycles. The fourth-order valence-corrected chi connectivity index (χ4v) is 4.01. The van der Waals surface area contributed by atoms with Crippen LogP contribution in [0.2, 0.25) is 0 Å². The normalized spacial score (nSPS) is 14.6. The lowest BCUT2D eigenvalue weighted by Gasteiger charge is -2.16. The van der Waals surface area contributed by atoms with E-state index in [2.05, 4.69) is 24.5 Å². The number of nitrogens with zero attached hydrogens (tertiary/aromatic N) is 1. The average Bonchev–Trinajstić information content (AvgIpc) is 2.95. The molecule has 2 aromatic carbocycles. The third-order valence-electron chi connectivity index (χ3n) is 5.61. The largest absolute Gasteiger partial charge is 0.493 e. The van der Waals surface area contributed by atoms with Crippen molar-refractivity contribution in [2.24, 2.45) is 0 Å². The van der Waals surface area contributed by atoms with E-state index in [0.29, 0.717) is 22.8 Å². The first-order valence-electron chi connectivity index (χ1n) is 9.61. The summed E-state index contributed by atoms with van der Waals surface area (Å²) in [6.07, 6.45) is 4.07. The second kappa shape index (κ2) is 8.22. The monoisotopic (exact) mass is 410 g/mol. The molecule has 0 aliphatic carbocycles. The van der Waals surface area contributed by atoms with Gasteiger partial charge in [-0.3, -0.25) is 0 Å². The number of allylic oxidation sites excluding steroid dienone is 1. The zero-order chi connectivity index (χ0) is 22.1. The molecule has 6 nitrogen and oxygen atoms in total. The van der Waals surface area contributed by atoms with E-state index in [9.17, 15) is 4.79 Å². The van der Waals surface area contributed by atoms with Crippen LogP contribution in [0.5, 0.6) is 17.2 Å². The summed E-state index contributed by atoms with van der Waals surface area (Å²) in [7, 11) is 8.18. The molecule has 0 N–H and O–H groups in total. The van der Waals surface area contributed by atoms with Crippen LogP contribution in [0.4, 0.5) is 5.69 Å². The van der Waals surface area contributed by atoms with Crippen molar-refractivity contribution in [2.45, 2.75) is 19.3 Å². The standard InChI is InChI=1S/C24H28NO5/c1-24(2)17-11-8-16(23(26)30-7)14-18(17)25(3)20(24)13-10-15-9-12-19(27-4)22(29-6)21(15)28-5/h8-14H,1-7H3/q+1/b13-10+. The van der Waals surface area contributed by atoms with Gasteiger partial charge in [0.25, 0.3) is 0 Å². The molecule has 30 heavy (non-hydrogen) atoms. The van der Waals surface area contributed by atoms with E-state index in [-0.39, 0.29) is 11.4 Å². The smallest absolute Gasteiger partial charge is 0.338 e. The van der Waals surface area contributed by atoms with Crippen molar-refractivity contribution in [1.29, 1.82) is 0 Å². The number of ether oxygens (including phenoxy) is 4. The van der Waals surface area contributed by atoms with Crippen LogP contribution in [-0.2, 0) is 10.2 Å². The first-order valence-corrected chi connectivity index (χ1v) is 9.61. The van der Waals surface area contributed by atoms with Gasteiger partial charge in [-0.05, 0) is 38.1 Å². The van der Waals surface area contributed by atoms with E-state index < -0.39 is 0 Å². The van der Waals surface area contributed by atoms with Crippen molar-refractivity contribution >= 4 is 23.4 Å². The van der Waals surface area contributed by atoms with Gasteiger partial charge < -0.3 is 18.9 Å². The molecule has 3 rings (SSSR count). The highest BCUT2D eigenvalue weighted by Crippen LogP contribution is 2.42. The Bertz CT molecular complexity index is 1050. The number of hydrogen-bond donors (Lipinski definition) is 0. The Labute approximate surface area is 177 Å². The van der Waals surface area contributed by atoms with Gasteiger partial charge in [0.15, 0.2) is 17.2 Å². The van der Waals surface area contributed by atoms with E-state index in [1.54, 1.807) is 21.3 Å². The molecule has 0 bridgehead atoms. The lowest BCUT2D eigenvalue weighted by Crippen LogP contribution is -2.26. The molecule has 0 saturated heterocycles. The molecule has 6 heteroatoms. The van der Waals surface area contributed by atoms with Crippen molar-refractivity contribution < 1.29 is 28.3 Å². The predicted molar refractivity (Wildman–Crippen MR) is 117 cm³/mol. The van der Waals surface area contributed by atoms with Gasteiger partial charge in [-0.2, -0.15) is 4.58 Å². The Balaban J connectivity index is 2.07. The van der Waals surface area contributed by atoms with Gasteiger partial charge in [0.2, 0.25) is 11.4 Å². The molecule has 0 saturated carbocycles. The highest BCUT2D eigenvalue weighted by Gasteiger charge is 2.43. The summed E-state index contributed by atoms with van der Waals surface area (Å²) in [5, 5.41) is 0. The van der Waals surface area contributed by atoms with Gasteiger partial charge in [0, 0.05) is 23.3 Å². The molecule has 0 fully saturated rings. The Hall–Kier alpha value is -3.28. The van der Waals surface area contributed by atoms with Crippen molar-refractivity contribution in [3.05, 3.63) is 53.1 Å². The SMILES string of the molecule is COC(=O)c1ccc2c(c1)[N+](C)=C(/C=C/c1ccc(OC)c(OC)c1OC)C2(C)C. The Morgan fingerprint density at radius 3 is 2.23 bits per heavy atom. The molecule has 1 aliphatic rings. The van der Waals surface area contributed by atoms with Gasteiger partial charge in [-0.1, -0.05) is 6.07 Å². The van der Waals surface area contributed by atoms with E-state index in [1.165, 1.54) is 7.11 Å². The molecule has 1 heterocycles. The van der Waals surface area contributed by atoms with Gasteiger partial charge in [-0.15, -0.1) is 0 Å². The van der Waals surface area contributed by atoms with Crippen molar-refractivity contribution in [3.63, 3.8) is 0 Å².